The van der Waals surface area contributed by atoms with E-state index in [0.29, 0.717) is 46.2 Å². The number of carbonyl (C=O) groups excluding carboxylic acids is 2. The first-order valence-corrected chi connectivity index (χ1v) is 14.2. The zero-order valence-electron chi connectivity index (χ0n) is 24.5. The van der Waals surface area contributed by atoms with E-state index in [1.807, 2.05) is 30.3 Å². The van der Waals surface area contributed by atoms with Crippen molar-refractivity contribution in [2.75, 3.05) is 27.4 Å². The Morgan fingerprint density at radius 3 is 2.23 bits per heavy atom. The van der Waals surface area contributed by atoms with Gasteiger partial charge in [0.05, 0.1) is 19.8 Å². The maximum absolute atomic E-state index is 13.9. The number of alkyl halides is 3. The first-order chi connectivity index (χ1) is 21.1. The number of ether oxygens (including phenoxy) is 4. The van der Waals surface area contributed by atoms with Crippen LogP contribution >= 0.6 is 0 Å². The minimum Gasteiger partial charge on any atom is -0.493 e. The van der Waals surface area contributed by atoms with Crippen LogP contribution < -0.4 is 14.2 Å². The molecule has 1 unspecified atom stereocenters. The summed E-state index contributed by atoms with van der Waals surface area (Å²) >= 11 is 0. The Balaban J connectivity index is 1.45. The van der Waals surface area contributed by atoms with Crippen LogP contribution in [-0.2, 0) is 20.5 Å². The second-order valence-corrected chi connectivity index (χ2v) is 10.7. The average Bonchev–Trinajstić information content (AvgIpc) is 3.02. The van der Waals surface area contributed by atoms with Gasteiger partial charge in [0.15, 0.2) is 17.3 Å². The third-order valence-electron chi connectivity index (χ3n) is 7.96. The minimum atomic E-state index is -4.53. The van der Waals surface area contributed by atoms with Crippen molar-refractivity contribution in [1.82, 2.24) is 0 Å². The predicted molar refractivity (Wildman–Crippen MR) is 157 cm³/mol. The number of methoxy groups -OCH3 is 2. The number of hydrogen-bond donors (Lipinski definition) is 0. The minimum absolute atomic E-state index is 0.0571. The highest BCUT2D eigenvalue weighted by Crippen LogP contribution is 2.48. The van der Waals surface area contributed by atoms with Crippen LogP contribution in [-0.4, -0.2) is 44.9 Å². The van der Waals surface area contributed by atoms with Crippen molar-refractivity contribution in [1.29, 1.82) is 0 Å². The fraction of sp³-hybridized carbons (Fsp3) is 0.324. The van der Waals surface area contributed by atoms with Gasteiger partial charge in [-0.3, -0.25) is 14.6 Å². The Bertz CT molecular complexity index is 1580. The molecule has 0 aromatic heterocycles. The number of rotatable bonds is 9. The molecule has 0 spiro atoms. The zero-order chi connectivity index (χ0) is 31.4. The number of para-hydroxylation sites is 1. The lowest BCUT2D eigenvalue weighted by Gasteiger charge is -2.36. The van der Waals surface area contributed by atoms with Gasteiger partial charge in [-0.25, -0.2) is 0 Å². The standard InChI is InChI=1S/C34H32F3NO6/c1-20-30(33(40)44-16-15-43-25-7-5-4-6-8-25)31(21-9-12-24(13-10-21)34(35,36)37)32-26(38-20)17-23(18-27(32)39)22-11-14-28(41-2)29(19-22)42-3/h4-14,19,23,30-31H,15-18H2,1-3H3/t23-,30?,31-/m0/s1. The number of benzene rings is 3. The first-order valence-electron chi connectivity index (χ1n) is 14.2. The molecule has 10 heteroatoms. The molecule has 1 aliphatic carbocycles. The Hall–Kier alpha value is -4.60. The van der Waals surface area contributed by atoms with Crippen molar-refractivity contribution in [2.45, 2.75) is 37.8 Å². The maximum atomic E-state index is 13.9. The molecule has 0 saturated heterocycles. The Morgan fingerprint density at radius 1 is 0.886 bits per heavy atom. The molecule has 230 valence electrons. The van der Waals surface area contributed by atoms with Crippen LogP contribution in [0.1, 0.15) is 48.3 Å². The normalized spacial score (nSPS) is 20.0. The molecule has 3 aromatic rings. The summed E-state index contributed by atoms with van der Waals surface area (Å²) in [7, 11) is 3.07. The van der Waals surface area contributed by atoms with Gasteiger partial charge in [0.2, 0.25) is 0 Å². The van der Waals surface area contributed by atoms with Gasteiger partial charge >= 0.3 is 12.1 Å². The number of allylic oxidation sites excluding steroid dienone is 2. The summed E-state index contributed by atoms with van der Waals surface area (Å²) in [6.07, 6.45) is -4.00. The number of esters is 1. The molecule has 0 saturated carbocycles. The molecule has 3 atom stereocenters. The van der Waals surface area contributed by atoms with Crippen LogP contribution in [0.3, 0.4) is 0 Å². The third kappa shape index (κ3) is 6.49. The van der Waals surface area contributed by atoms with Gasteiger partial charge < -0.3 is 18.9 Å². The van der Waals surface area contributed by atoms with E-state index >= 15 is 0 Å². The molecule has 0 amide bonds. The molecule has 1 aliphatic heterocycles. The molecule has 44 heavy (non-hydrogen) atoms. The van der Waals surface area contributed by atoms with Crippen LogP contribution in [0.25, 0.3) is 0 Å². The van der Waals surface area contributed by atoms with E-state index in [-0.39, 0.29) is 31.3 Å². The smallest absolute Gasteiger partial charge is 0.416 e. The molecule has 0 bridgehead atoms. The number of ketones is 1. The van der Waals surface area contributed by atoms with E-state index in [4.69, 9.17) is 23.9 Å². The fourth-order valence-corrected chi connectivity index (χ4v) is 5.86. The van der Waals surface area contributed by atoms with Gasteiger partial charge in [-0.15, -0.1) is 0 Å². The second kappa shape index (κ2) is 13.0. The van der Waals surface area contributed by atoms with E-state index < -0.39 is 29.5 Å². The lowest BCUT2D eigenvalue weighted by molar-refractivity contribution is -0.147. The number of aliphatic imine (C=N–C) groups is 1. The van der Waals surface area contributed by atoms with E-state index in [1.54, 1.807) is 25.1 Å². The van der Waals surface area contributed by atoms with Gasteiger partial charge in [-0.05, 0) is 66.8 Å². The molecule has 1 heterocycles. The lowest BCUT2D eigenvalue weighted by atomic mass is 9.69. The molecular formula is C34H32F3NO6. The van der Waals surface area contributed by atoms with E-state index in [1.165, 1.54) is 26.4 Å². The molecule has 3 aromatic carbocycles. The summed E-state index contributed by atoms with van der Waals surface area (Å²) in [4.78, 5) is 32.1. The molecule has 0 fully saturated rings. The molecule has 5 rings (SSSR count). The van der Waals surface area contributed by atoms with E-state index in [9.17, 15) is 22.8 Å². The van der Waals surface area contributed by atoms with Crippen LogP contribution in [0, 0.1) is 5.92 Å². The third-order valence-corrected chi connectivity index (χ3v) is 7.96. The molecular weight excluding hydrogens is 575 g/mol. The van der Waals surface area contributed by atoms with Crippen LogP contribution in [0.2, 0.25) is 0 Å². The SMILES string of the molecule is COc1ccc([C@@H]2CC(=O)C3=C(C2)N=C(C)C(C(=O)OCCOc2ccccc2)[C@@H]3c2ccc(C(F)(F)F)cc2)cc1OC. The summed E-state index contributed by atoms with van der Waals surface area (Å²) in [5.74, 6) is -1.22. The Kier molecular flexibility index (Phi) is 9.08. The predicted octanol–water partition coefficient (Wildman–Crippen LogP) is 6.92. The highest BCUT2D eigenvalue weighted by molar-refractivity contribution is 6.09. The lowest BCUT2D eigenvalue weighted by Crippen LogP contribution is -2.38. The van der Waals surface area contributed by atoms with Crippen molar-refractivity contribution in [2.24, 2.45) is 10.9 Å². The van der Waals surface area contributed by atoms with E-state index in [2.05, 4.69) is 0 Å². The van der Waals surface area contributed by atoms with Crippen molar-refractivity contribution in [3.05, 3.63) is 101 Å². The quantitative estimate of drug-likeness (QED) is 0.194. The van der Waals surface area contributed by atoms with Gasteiger partial charge in [0.1, 0.15) is 24.9 Å². The number of Topliss-reactive ketones (excluding diaryl/α,β-unsaturated/α-hetero) is 1. The Morgan fingerprint density at radius 2 is 1.57 bits per heavy atom. The number of carbonyl (C=O) groups is 2. The highest BCUT2D eigenvalue weighted by atomic mass is 19.4. The van der Waals surface area contributed by atoms with Crippen LogP contribution in [0.5, 0.6) is 17.2 Å². The summed E-state index contributed by atoms with van der Waals surface area (Å²) in [5.41, 5.74) is 1.71. The highest BCUT2D eigenvalue weighted by Gasteiger charge is 2.45. The maximum Gasteiger partial charge on any atom is 0.416 e. The molecule has 0 radical (unpaired) electrons. The van der Waals surface area contributed by atoms with Gasteiger partial charge in [-0.2, -0.15) is 13.2 Å². The van der Waals surface area contributed by atoms with Crippen molar-refractivity contribution in [3.8, 4) is 17.2 Å². The Labute approximate surface area is 253 Å². The van der Waals surface area contributed by atoms with Crippen molar-refractivity contribution < 1.29 is 41.7 Å². The average molecular weight is 608 g/mol. The zero-order valence-corrected chi connectivity index (χ0v) is 24.5. The summed E-state index contributed by atoms with van der Waals surface area (Å²) < 4.78 is 62.1. The van der Waals surface area contributed by atoms with Crippen molar-refractivity contribution >= 4 is 17.5 Å². The van der Waals surface area contributed by atoms with Gasteiger partial charge in [0.25, 0.3) is 0 Å². The van der Waals surface area contributed by atoms with Crippen molar-refractivity contribution in [3.63, 3.8) is 0 Å². The largest absolute Gasteiger partial charge is 0.493 e. The summed E-state index contributed by atoms with van der Waals surface area (Å²) in [6, 6.07) is 19.1. The van der Waals surface area contributed by atoms with Gasteiger partial charge in [0, 0.05) is 29.3 Å². The van der Waals surface area contributed by atoms with Crippen LogP contribution in [0.4, 0.5) is 13.2 Å². The molecule has 7 nitrogen and oxygen atoms in total. The first kappa shape index (κ1) is 30.8. The molecule has 0 N–H and O–H groups in total. The number of nitrogens with zero attached hydrogens (tertiary/aromatic N) is 1. The second-order valence-electron chi connectivity index (χ2n) is 10.7. The fourth-order valence-electron chi connectivity index (χ4n) is 5.86. The molecule has 2 aliphatic rings. The van der Waals surface area contributed by atoms with E-state index in [0.717, 1.165) is 17.7 Å². The van der Waals surface area contributed by atoms with Gasteiger partial charge in [-0.1, -0.05) is 36.4 Å². The summed E-state index contributed by atoms with van der Waals surface area (Å²) in [5, 5.41) is 0. The number of hydrogen-bond acceptors (Lipinski definition) is 7. The monoisotopic (exact) mass is 607 g/mol. The topological polar surface area (TPSA) is 83.4 Å². The summed E-state index contributed by atoms with van der Waals surface area (Å²) in [6.45, 7) is 1.72. The van der Waals surface area contributed by atoms with Crippen LogP contribution in [0.15, 0.2) is 89.1 Å². The number of halogens is 3.